The van der Waals surface area contributed by atoms with Crippen molar-refractivity contribution in [3.63, 3.8) is 0 Å². The van der Waals surface area contributed by atoms with Crippen molar-refractivity contribution in [3.05, 3.63) is 68.0 Å². The van der Waals surface area contributed by atoms with Gasteiger partial charge in [-0.15, -0.1) is 0 Å². The Hall–Kier alpha value is -1.75. The van der Waals surface area contributed by atoms with Gasteiger partial charge in [-0.25, -0.2) is 4.79 Å². The summed E-state index contributed by atoms with van der Waals surface area (Å²) in [7, 11) is 0. The third-order valence-corrected chi connectivity index (χ3v) is 3.89. The number of nitrogens with zero attached hydrogens (tertiary/aromatic N) is 2. The molecule has 0 fully saturated rings. The highest BCUT2D eigenvalue weighted by atomic mass is 32.2. The van der Waals surface area contributed by atoms with Gasteiger partial charge < -0.3 is 0 Å². The molecule has 1 aromatic carbocycles. The summed E-state index contributed by atoms with van der Waals surface area (Å²) in [6, 6.07) is 7.56. The third-order valence-electron chi connectivity index (χ3n) is 3.30. The monoisotopic (exact) mass is 304 g/mol. The molecular formula is C16H20N2O2S. The van der Waals surface area contributed by atoms with E-state index in [4.69, 9.17) is 0 Å². The maximum absolute atomic E-state index is 12.4. The summed E-state index contributed by atoms with van der Waals surface area (Å²) in [5, 5.41) is 0. The van der Waals surface area contributed by atoms with Crippen LogP contribution in [-0.2, 0) is 13.1 Å². The second-order valence-corrected chi connectivity index (χ2v) is 6.19. The lowest BCUT2D eigenvalue weighted by Gasteiger charge is -2.10. The van der Waals surface area contributed by atoms with Crippen molar-refractivity contribution >= 4 is 11.8 Å². The molecule has 2 aromatic rings. The van der Waals surface area contributed by atoms with E-state index >= 15 is 0 Å². The Morgan fingerprint density at radius 2 is 1.76 bits per heavy atom. The molecule has 4 nitrogen and oxygen atoms in total. The maximum Gasteiger partial charge on any atom is 0.331 e. The molecule has 5 heteroatoms. The van der Waals surface area contributed by atoms with E-state index in [1.165, 1.54) is 10.6 Å². The van der Waals surface area contributed by atoms with Crippen molar-refractivity contribution in [2.24, 2.45) is 0 Å². The smallest absolute Gasteiger partial charge is 0.300 e. The average molecular weight is 304 g/mol. The van der Waals surface area contributed by atoms with Crippen LogP contribution in [0.15, 0.2) is 40.1 Å². The van der Waals surface area contributed by atoms with E-state index in [1.807, 2.05) is 32.2 Å². The van der Waals surface area contributed by atoms with E-state index in [0.29, 0.717) is 13.1 Å². The highest BCUT2D eigenvalue weighted by Gasteiger charge is 2.06. The molecule has 2 rings (SSSR count). The maximum atomic E-state index is 12.4. The van der Waals surface area contributed by atoms with Crippen molar-refractivity contribution in [3.8, 4) is 0 Å². The van der Waals surface area contributed by atoms with Gasteiger partial charge in [-0.05, 0) is 25.7 Å². The summed E-state index contributed by atoms with van der Waals surface area (Å²) >= 11 is 1.68. The molecule has 0 spiro atoms. The molecular weight excluding hydrogens is 284 g/mol. The van der Waals surface area contributed by atoms with Crippen LogP contribution in [0.2, 0.25) is 0 Å². The van der Waals surface area contributed by atoms with Crippen LogP contribution in [0.5, 0.6) is 0 Å². The van der Waals surface area contributed by atoms with Crippen LogP contribution in [0.3, 0.4) is 0 Å². The van der Waals surface area contributed by atoms with Crippen molar-refractivity contribution in [1.29, 1.82) is 0 Å². The third kappa shape index (κ3) is 3.88. The highest BCUT2D eigenvalue weighted by molar-refractivity contribution is 7.98. The first-order valence-electron chi connectivity index (χ1n) is 6.87. The van der Waals surface area contributed by atoms with Crippen LogP contribution in [0.1, 0.15) is 16.7 Å². The topological polar surface area (TPSA) is 44.0 Å². The summed E-state index contributed by atoms with van der Waals surface area (Å²) < 4.78 is 2.90. The van der Waals surface area contributed by atoms with Crippen LogP contribution >= 0.6 is 11.8 Å². The molecule has 0 saturated heterocycles. The van der Waals surface area contributed by atoms with Gasteiger partial charge in [0.05, 0.1) is 6.54 Å². The molecule has 0 aliphatic heterocycles. The number of benzene rings is 1. The van der Waals surface area contributed by atoms with Gasteiger partial charge in [0.1, 0.15) is 0 Å². The Morgan fingerprint density at radius 3 is 2.38 bits per heavy atom. The van der Waals surface area contributed by atoms with Gasteiger partial charge in [-0.1, -0.05) is 29.3 Å². The normalized spacial score (nSPS) is 10.8. The first-order valence-corrected chi connectivity index (χ1v) is 8.27. The van der Waals surface area contributed by atoms with Crippen molar-refractivity contribution < 1.29 is 0 Å². The summed E-state index contributed by atoms with van der Waals surface area (Å²) in [5.41, 5.74) is 2.76. The number of hydrogen-bond acceptors (Lipinski definition) is 3. The lowest BCUT2D eigenvalue weighted by Crippen LogP contribution is -2.39. The Labute approximate surface area is 128 Å². The molecule has 0 N–H and O–H groups in total. The van der Waals surface area contributed by atoms with Crippen LogP contribution in [-0.4, -0.2) is 21.1 Å². The highest BCUT2D eigenvalue weighted by Crippen LogP contribution is 2.09. The lowest BCUT2D eigenvalue weighted by molar-refractivity contribution is 0.603. The van der Waals surface area contributed by atoms with E-state index in [0.717, 1.165) is 22.4 Å². The first-order chi connectivity index (χ1) is 10.0. The number of aryl methyl sites for hydroxylation is 3. The zero-order valence-electron chi connectivity index (χ0n) is 12.6. The van der Waals surface area contributed by atoms with Crippen molar-refractivity contribution in [2.75, 3.05) is 12.0 Å². The predicted molar refractivity (Wildman–Crippen MR) is 88.4 cm³/mol. The van der Waals surface area contributed by atoms with Crippen molar-refractivity contribution in [2.45, 2.75) is 26.9 Å². The van der Waals surface area contributed by atoms with Gasteiger partial charge >= 0.3 is 5.69 Å². The SMILES string of the molecule is CSCCn1ccc(=O)n(Cc2cc(C)cc(C)c2)c1=O. The van der Waals surface area contributed by atoms with Gasteiger partial charge in [0.2, 0.25) is 0 Å². The fourth-order valence-electron chi connectivity index (χ4n) is 2.40. The largest absolute Gasteiger partial charge is 0.331 e. The minimum Gasteiger partial charge on any atom is -0.300 e. The van der Waals surface area contributed by atoms with Gasteiger partial charge in [0.15, 0.2) is 0 Å². The summed E-state index contributed by atoms with van der Waals surface area (Å²) in [4.78, 5) is 24.4. The Balaban J connectivity index is 2.39. The van der Waals surface area contributed by atoms with Gasteiger partial charge in [0.25, 0.3) is 5.56 Å². The lowest BCUT2D eigenvalue weighted by atomic mass is 10.1. The zero-order chi connectivity index (χ0) is 15.4. The molecule has 21 heavy (non-hydrogen) atoms. The number of rotatable bonds is 5. The Bertz CT molecular complexity index is 726. The van der Waals surface area contributed by atoms with E-state index in [2.05, 4.69) is 6.07 Å². The van der Waals surface area contributed by atoms with E-state index < -0.39 is 0 Å². The molecule has 1 heterocycles. The predicted octanol–water partition coefficient (Wildman–Crippen LogP) is 2.04. The fraction of sp³-hybridized carbons (Fsp3) is 0.375. The van der Waals surface area contributed by atoms with Gasteiger partial charge in [-0.2, -0.15) is 11.8 Å². The van der Waals surface area contributed by atoms with Crippen LogP contribution in [0.25, 0.3) is 0 Å². The average Bonchev–Trinajstić information content (AvgIpc) is 2.41. The molecule has 0 unspecified atom stereocenters. The van der Waals surface area contributed by atoms with Crippen LogP contribution in [0.4, 0.5) is 0 Å². The number of hydrogen-bond donors (Lipinski definition) is 0. The second kappa shape index (κ2) is 6.80. The molecule has 0 atom stereocenters. The molecule has 1 aromatic heterocycles. The van der Waals surface area contributed by atoms with E-state index in [-0.39, 0.29) is 11.2 Å². The molecule has 0 bridgehead atoms. The molecule has 112 valence electrons. The summed E-state index contributed by atoms with van der Waals surface area (Å²) in [6.07, 6.45) is 3.58. The standard InChI is InChI=1S/C16H20N2O2S/c1-12-8-13(2)10-14(9-12)11-18-15(19)4-5-17(16(18)20)6-7-21-3/h4-5,8-10H,6-7,11H2,1-3H3. The fourth-order valence-corrected chi connectivity index (χ4v) is 2.78. The minimum absolute atomic E-state index is 0.240. The van der Waals surface area contributed by atoms with E-state index in [1.54, 1.807) is 22.5 Å². The molecule has 0 aliphatic rings. The molecule has 0 amide bonds. The number of thioether (sulfide) groups is 1. The molecule has 0 aliphatic carbocycles. The van der Waals surface area contributed by atoms with Gasteiger partial charge in [-0.3, -0.25) is 13.9 Å². The summed E-state index contributed by atoms with van der Waals surface area (Å²) in [6.45, 7) is 4.97. The summed E-state index contributed by atoms with van der Waals surface area (Å²) in [5.74, 6) is 0.849. The van der Waals surface area contributed by atoms with Crippen LogP contribution < -0.4 is 11.2 Å². The Kier molecular flexibility index (Phi) is 5.07. The second-order valence-electron chi connectivity index (χ2n) is 5.20. The minimum atomic E-state index is -0.250. The Morgan fingerprint density at radius 1 is 1.10 bits per heavy atom. The molecule has 0 saturated carbocycles. The van der Waals surface area contributed by atoms with Gasteiger partial charge in [0, 0.05) is 24.6 Å². The molecule has 0 radical (unpaired) electrons. The number of aromatic nitrogens is 2. The quantitative estimate of drug-likeness (QED) is 0.849. The van der Waals surface area contributed by atoms with E-state index in [9.17, 15) is 9.59 Å². The van der Waals surface area contributed by atoms with Crippen molar-refractivity contribution in [1.82, 2.24) is 9.13 Å². The van der Waals surface area contributed by atoms with Crippen LogP contribution in [0, 0.1) is 13.8 Å². The zero-order valence-corrected chi connectivity index (χ0v) is 13.4. The first kappa shape index (κ1) is 15.6.